The van der Waals surface area contributed by atoms with Crippen LogP contribution in [-0.4, -0.2) is 17.7 Å². The van der Waals surface area contributed by atoms with Gasteiger partial charge in [-0.25, -0.2) is 4.79 Å². The molecule has 0 fully saturated rings. The fourth-order valence-corrected chi connectivity index (χ4v) is 2.30. The second kappa shape index (κ2) is 6.24. The normalized spacial score (nSPS) is 11.2. The molecule has 0 aromatic heterocycles. The minimum atomic E-state index is -0.989. The maximum Gasteiger partial charge on any atom is 0.341 e. The molecule has 4 heteroatoms. The van der Waals surface area contributed by atoms with Crippen molar-refractivity contribution in [3.05, 3.63) is 40.4 Å². The number of hydrogen-bond acceptors (Lipinski definition) is 2. The molecule has 0 heterocycles. The van der Waals surface area contributed by atoms with Crippen molar-refractivity contribution in [1.82, 2.24) is 0 Å². The van der Waals surface area contributed by atoms with Crippen LogP contribution in [0, 0.1) is 0 Å². The molecular weight excluding hydrogens is 308 g/mol. The quantitative estimate of drug-likeness (QED) is 0.833. The molecule has 0 amide bonds. The summed E-state index contributed by atoms with van der Waals surface area (Å²) in [6, 6.07) is 4.02. The first-order valence-electron chi connectivity index (χ1n) is 6.04. The van der Waals surface area contributed by atoms with Crippen molar-refractivity contribution < 1.29 is 14.6 Å². The van der Waals surface area contributed by atoms with Gasteiger partial charge < -0.3 is 9.84 Å². The van der Waals surface area contributed by atoms with Gasteiger partial charge in [0.15, 0.2) is 6.61 Å². The third kappa shape index (κ3) is 4.39. The van der Waals surface area contributed by atoms with E-state index in [1.807, 2.05) is 12.1 Å². The minimum Gasteiger partial charge on any atom is -0.480 e. The van der Waals surface area contributed by atoms with Crippen LogP contribution in [0.25, 0.3) is 0 Å². The summed E-state index contributed by atoms with van der Waals surface area (Å²) in [4.78, 5) is 10.6. The van der Waals surface area contributed by atoms with Crippen LogP contribution in [0.2, 0.25) is 0 Å². The van der Waals surface area contributed by atoms with Crippen molar-refractivity contribution in [1.29, 1.82) is 0 Å². The molecule has 1 aromatic rings. The first-order chi connectivity index (χ1) is 8.75. The number of halogens is 1. The molecule has 0 saturated heterocycles. The second-order valence-electron chi connectivity index (χ2n) is 5.37. The van der Waals surface area contributed by atoms with Gasteiger partial charge in [-0.15, -0.1) is 6.58 Å². The molecule has 1 aromatic carbocycles. The third-order valence-electron chi connectivity index (χ3n) is 2.69. The molecular formula is C15H19BrO3. The first-order valence-corrected chi connectivity index (χ1v) is 6.83. The van der Waals surface area contributed by atoms with E-state index >= 15 is 0 Å². The summed E-state index contributed by atoms with van der Waals surface area (Å²) in [7, 11) is 0. The molecule has 0 radical (unpaired) electrons. The van der Waals surface area contributed by atoms with E-state index in [9.17, 15) is 4.79 Å². The van der Waals surface area contributed by atoms with Gasteiger partial charge in [-0.3, -0.25) is 0 Å². The first kappa shape index (κ1) is 15.8. The van der Waals surface area contributed by atoms with Crippen molar-refractivity contribution in [2.45, 2.75) is 32.6 Å². The van der Waals surface area contributed by atoms with E-state index in [1.165, 1.54) is 5.56 Å². The van der Waals surface area contributed by atoms with E-state index in [0.717, 1.165) is 10.0 Å². The van der Waals surface area contributed by atoms with E-state index in [0.29, 0.717) is 12.2 Å². The lowest BCUT2D eigenvalue weighted by atomic mass is 9.85. The van der Waals surface area contributed by atoms with E-state index < -0.39 is 5.97 Å². The van der Waals surface area contributed by atoms with Gasteiger partial charge in [0, 0.05) is 0 Å². The zero-order chi connectivity index (χ0) is 14.6. The summed E-state index contributed by atoms with van der Waals surface area (Å²) >= 11 is 3.46. The molecule has 3 nitrogen and oxygen atoms in total. The molecule has 19 heavy (non-hydrogen) atoms. The highest BCUT2D eigenvalue weighted by Crippen LogP contribution is 2.35. The summed E-state index contributed by atoms with van der Waals surface area (Å²) < 4.78 is 6.13. The number of hydrogen-bond donors (Lipinski definition) is 1. The van der Waals surface area contributed by atoms with Crippen molar-refractivity contribution in [2.75, 3.05) is 6.61 Å². The topological polar surface area (TPSA) is 46.5 Å². The molecule has 0 aliphatic heterocycles. The SMILES string of the molecule is C=CCc1cc(C(C)(C)C)cc(Br)c1OCC(=O)O. The van der Waals surface area contributed by atoms with Crippen LogP contribution in [0.3, 0.4) is 0 Å². The summed E-state index contributed by atoms with van der Waals surface area (Å²) in [5, 5.41) is 8.71. The van der Waals surface area contributed by atoms with Gasteiger partial charge in [-0.05, 0) is 45.0 Å². The van der Waals surface area contributed by atoms with Gasteiger partial charge in [0.1, 0.15) is 5.75 Å². The molecule has 0 bridgehead atoms. The summed E-state index contributed by atoms with van der Waals surface area (Å²) in [5.41, 5.74) is 2.12. The molecule has 104 valence electrons. The molecule has 1 N–H and O–H groups in total. The predicted molar refractivity (Wildman–Crippen MR) is 79.9 cm³/mol. The van der Waals surface area contributed by atoms with Crippen LogP contribution in [0.15, 0.2) is 29.3 Å². The molecule has 1 rings (SSSR count). The van der Waals surface area contributed by atoms with Crippen LogP contribution in [0.1, 0.15) is 31.9 Å². The number of ether oxygens (including phenoxy) is 1. The lowest BCUT2D eigenvalue weighted by Gasteiger charge is -2.22. The number of allylic oxidation sites excluding steroid dienone is 1. The maximum atomic E-state index is 10.6. The Labute approximate surface area is 122 Å². The third-order valence-corrected chi connectivity index (χ3v) is 3.28. The maximum absolute atomic E-state index is 10.6. The Morgan fingerprint density at radius 3 is 2.58 bits per heavy atom. The summed E-state index contributed by atoms with van der Waals surface area (Å²) in [5.74, 6) is -0.411. The number of benzene rings is 1. The van der Waals surface area contributed by atoms with Crippen LogP contribution >= 0.6 is 15.9 Å². The Morgan fingerprint density at radius 1 is 1.47 bits per heavy atom. The van der Waals surface area contributed by atoms with E-state index in [2.05, 4.69) is 43.3 Å². The highest BCUT2D eigenvalue weighted by molar-refractivity contribution is 9.10. The fraction of sp³-hybridized carbons (Fsp3) is 0.400. The largest absolute Gasteiger partial charge is 0.480 e. The Kier molecular flexibility index (Phi) is 5.18. The fourth-order valence-electron chi connectivity index (χ4n) is 1.69. The Hall–Kier alpha value is -1.29. The monoisotopic (exact) mass is 326 g/mol. The average Bonchev–Trinajstić information content (AvgIpc) is 2.26. The zero-order valence-electron chi connectivity index (χ0n) is 11.5. The lowest BCUT2D eigenvalue weighted by molar-refractivity contribution is -0.139. The number of aliphatic carboxylic acids is 1. The zero-order valence-corrected chi connectivity index (χ0v) is 13.1. The average molecular weight is 327 g/mol. The number of carboxylic acid groups (broad SMARTS) is 1. The number of carboxylic acids is 1. The van der Waals surface area contributed by atoms with Crippen molar-refractivity contribution in [3.63, 3.8) is 0 Å². The predicted octanol–water partition coefficient (Wildman–Crippen LogP) is 3.94. The van der Waals surface area contributed by atoms with Gasteiger partial charge in [0.25, 0.3) is 0 Å². The van der Waals surface area contributed by atoms with E-state index in [1.54, 1.807) is 6.08 Å². The highest BCUT2D eigenvalue weighted by atomic mass is 79.9. The van der Waals surface area contributed by atoms with E-state index in [4.69, 9.17) is 9.84 Å². The van der Waals surface area contributed by atoms with Gasteiger partial charge >= 0.3 is 5.97 Å². The Balaban J connectivity index is 3.22. The Bertz CT molecular complexity index is 487. The lowest BCUT2D eigenvalue weighted by Crippen LogP contribution is -2.14. The number of rotatable bonds is 5. The molecule has 0 saturated carbocycles. The standard InChI is InChI=1S/C15H19BrO3/c1-5-6-10-7-11(15(2,3)4)8-12(16)14(10)19-9-13(17)18/h5,7-8H,1,6,9H2,2-4H3,(H,17,18). The van der Waals surface area contributed by atoms with Crippen LogP contribution in [-0.2, 0) is 16.6 Å². The highest BCUT2D eigenvalue weighted by Gasteiger charge is 2.18. The van der Waals surface area contributed by atoms with Crippen molar-refractivity contribution >= 4 is 21.9 Å². The summed E-state index contributed by atoms with van der Waals surface area (Å²) in [6.07, 6.45) is 2.42. The Morgan fingerprint density at radius 2 is 2.11 bits per heavy atom. The van der Waals surface area contributed by atoms with Crippen LogP contribution in [0.4, 0.5) is 0 Å². The van der Waals surface area contributed by atoms with Gasteiger partial charge in [-0.1, -0.05) is 32.9 Å². The van der Waals surface area contributed by atoms with Crippen molar-refractivity contribution in [3.8, 4) is 5.75 Å². The number of carbonyl (C=O) groups is 1. The molecule has 0 aliphatic rings. The van der Waals surface area contributed by atoms with Gasteiger partial charge in [0.05, 0.1) is 4.47 Å². The summed E-state index contributed by atoms with van der Waals surface area (Å²) in [6.45, 7) is 9.76. The molecule has 0 spiro atoms. The molecule has 0 unspecified atom stereocenters. The van der Waals surface area contributed by atoms with Gasteiger partial charge in [-0.2, -0.15) is 0 Å². The van der Waals surface area contributed by atoms with Crippen molar-refractivity contribution in [2.24, 2.45) is 0 Å². The second-order valence-corrected chi connectivity index (χ2v) is 6.23. The van der Waals surface area contributed by atoms with Gasteiger partial charge in [0.2, 0.25) is 0 Å². The molecule has 0 atom stereocenters. The van der Waals surface area contributed by atoms with Crippen LogP contribution in [0.5, 0.6) is 5.75 Å². The smallest absolute Gasteiger partial charge is 0.341 e. The minimum absolute atomic E-state index is 0.0176. The van der Waals surface area contributed by atoms with Crippen LogP contribution < -0.4 is 4.74 Å². The van der Waals surface area contributed by atoms with E-state index in [-0.39, 0.29) is 12.0 Å². The molecule has 0 aliphatic carbocycles.